The average molecular weight is 380 g/mol. The van der Waals surface area contributed by atoms with Gasteiger partial charge in [0.05, 0.1) is 0 Å². The average Bonchev–Trinajstić information content (AvgIpc) is 2.66. The lowest BCUT2D eigenvalue weighted by Crippen LogP contribution is -2.37. The van der Waals surface area contributed by atoms with Gasteiger partial charge >= 0.3 is 0 Å². The van der Waals surface area contributed by atoms with Gasteiger partial charge in [-0.1, -0.05) is 51.5 Å². The SMILES string of the molecule is C=C(C)C(=O)NCCCCCCCCCCC(=O)NCCN1CCCCC1. The number of likely N-dealkylation sites (tertiary alicyclic amines) is 1. The summed E-state index contributed by atoms with van der Waals surface area (Å²) in [6.07, 6.45) is 13.9. The van der Waals surface area contributed by atoms with Crippen LogP contribution < -0.4 is 10.6 Å². The van der Waals surface area contributed by atoms with E-state index in [4.69, 9.17) is 0 Å². The molecule has 2 N–H and O–H groups in total. The molecule has 1 heterocycles. The highest BCUT2D eigenvalue weighted by Gasteiger charge is 2.09. The Morgan fingerprint density at radius 2 is 1.41 bits per heavy atom. The second kappa shape index (κ2) is 15.7. The highest BCUT2D eigenvalue weighted by Crippen LogP contribution is 2.10. The van der Waals surface area contributed by atoms with Gasteiger partial charge in [-0.15, -0.1) is 0 Å². The number of carbonyl (C=O) groups excluding carboxylic acids is 2. The second-order valence-electron chi connectivity index (χ2n) is 7.87. The van der Waals surface area contributed by atoms with Gasteiger partial charge in [0.25, 0.3) is 0 Å². The molecule has 0 radical (unpaired) electrons. The fourth-order valence-corrected chi connectivity index (χ4v) is 3.45. The molecule has 0 saturated carbocycles. The number of nitrogens with zero attached hydrogens (tertiary/aromatic N) is 1. The Hall–Kier alpha value is -1.36. The van der Waals surface area contributed by atoms with Gasteiger partial charge in [-0.05, 0) is 45.7 Å². The topological polar surface area (TPSA) is 61.4 Å². The van der Waals surface area contributed by atoms with Crippen molar-refractivity contribution >= 4 is 11.8 Å². The van der Waals surface area contributed by atoms with Crippen molar-refractivity contribution in [3.8, 4) is 0 Å². The van der Waals surface area contributed by atoms with Crippen molar-refractivity contribution in [3.63, 3.8) is 0 Å². The number of unbranched alkanes of at least 4 members (excludes halogenated alkanes) is 7. The predicted molar refractivity (Wildman–Crippen MR) is 113 cm³/mol. The van der Waals surface area contributed by atoms with E-state index in [1.54, 1.807) is 6.92 Å². The third-order valence-corrected chi connectivity index (χ3v) is 5.20. The van der Waals surface area contributed by atoms with Crippen molar-refractivity contribution in [1.82, 2.24) is 15.5 Å². The normalized spacial score (nSPS) is 14.7. The van der Waals surface area contributed by atoms with E-state index < -0.39 is 0 Å². The smallest absolute Gasteiger partial charge is 0.246 e. The van der Waals surface area contributed by atoms with Gasteiger partial charge < -0.3 is 15.5 Å². The fourth-order valence-electron chi connectivity index (χ4n) is 3.45. The number of amides is 2. The van der Waals surface area contributed by atoms with Crippen LogP contribution in [0.1, 0.15) is 84.0 Å². The number of carbonyl (C=O) groups is 2. The number of hydrogen-bond donors (Lipinski definition) is 2. The van der Waals surface area contributed by atoms with Crippen molar-refractivity contribution in [2.45, 2.75) is 84.0 Å². The maximum Gasteiger partial charge on any atom is 0.246 e. The van der Waals surface area contributed by atoms with E-state index >= 15 is 0 Å². The Balaban J connectivity index is 1.79. The molecule has 5 heteroatoms. The standard InChI is InChI=1S/C22H41N3O2/c1-20(2)22(27)24-15-11-8-6-4-3-5-7-10-14-21(26)23-16-19-25-17-12-9-13-18-25/h1,3-19H2,2H3,(H,23,26)(H,24,27). The maximum absolute atomic E-state index is 11.8. The molecule has 0 aromatic rings. The molecule has 0 aliphatic carbocycles. The van der Waals surface area contributed by atoms with Crippen LogP contribution in [0.2, 0.25) is 0 Å². The second-order valence-corrected chi connectivity index (χ2v) is 7.87. The molecule has 1 aliphatic rings. The third-order valence-electron chi connectivity index (χ3n) is 5.20. The van der Waals surface area contributed by atoms with E-state index in [2.05, 4.69) is 22.1 Å². The summed E-state index contributed by atoms with van der Waals surface area (Å²) in [5.41, 5.74) is 0.575. The van der Waals surface area contributed by atoms with Gasteiger partial charge in [-0.3, -0.25) is 9.59 Å². The lowest BCUT2D eigenvalue weighted by atomic mass is 10.1. The Labute approximate surface area is 166 Å². The van der Waals surface area contributed by atoms with Crippen LogP contribution in [0.15, 0.2) is 12.2 Å². The summed E-state index contributed by atoms with van der Waals surface area (Å²) in [5, 5.41) is 5.93. The Morgan fingerprint density at radius 1 is 0.815 bits per heavy atom. The van der Waals surface area contributed by atoms with Crippen molar-refractivity contribution in [2.24, 2.45) is 0 Å². The quantitative estimate of drug-likeness (QED) is 0.336. The van der Waals surface area contributed by atoms with Crippen LogP contribution in [-0.4, -0.2) is 49.4 Å². The number of hydrogen-bond acceptors (Lipinski definition) is 3. The van der Waals surface area contributed by atoms with Gasteiger partial charge in [0, 0.05) is 31.6 Å². The van der Waals surface area contributed by atoms with Crippen molar-refractivity contribution in [1.29, 1.82) is 0 Å². The van der Waals surface area contributed by atoms with Crippen LogP contribution in [0.4, 0.5) is 0 Å². The molecular formula is C22H41N3O2. The van der Waals surface area contributed by atoms with E-state index in [1.165, 1.54) is 58.0 Å². The molecule has 0 aromatic carbocycles. The van der Waals surface area contributed by atoms with E-state index in [0.717, 1.165) is 45.3 Å². The summed E-state index contributed by atoms with van der Waals surface area (Å²) in [6.45, 7) is 10.3. The zero-order chi connectivity index (χ0) is 19.7. The molecule has 0 aromatic heterocycles. The highest BCUT2D eigenvalue weighted by molar-refractivity contribution is 5.91. The third kappa shape index (κ3) is 13.5. The molecule has 0 spiro atoms. The summed E-state index contributed by atoms with van der Waals surface area (Å²) in [6, 6.07) is 0. The summed E-state index contributed by atoms with van der Waals surface area (Å²) in [5.74, 6) is 0.175. The van der Waals surface area contributed by atoms with Crippen LogP contribution in [0, 0.1) is 0 Å². The van der Waals surface area contributed by atoms with Gasteiger partial charge in [0.1, 0.15) is 0 Å². The molecule has 1 saturated heterocycles. The lowest BCUT2D eigenvalue weighted by Gasteiger charge is -2.26. The minimum absolute atomic E-state index is 0.0365. The van der Waals surface area contributed by atoms with Crippen LogP contribution in [0.5, 0.6) is 0 Å². The van der Waals surface area contributed by atoms with Gasteiger partial charge in [-0.25, -0.2) is 0 Å². The van der Waals surface area contributed by atoms with Crippen molar-refractivity contribution in [3.05, 3.63) is 12.2 Å². The van der Waals surface area contributed by atoms with E-state index in [0.29, 0.717) is 12.0 Å². The highest BCUT2D eigenvalue weighted by atomic mass is 16.2. The first-order valence-electron chi connectivity index (χ1n) is 11.0. The molecule has 27 heavy (non-hydrogen) atoms. The number of piperidine rings is 1. The Bertz CT molecular complexity index is 431. The zero-order valence-electron chi connectivity index (χ0n) is 17.5. The molecular weight excluding hydrogens is 338 g/mol. The van der Waals surface area contributed by atoms with Crippen LogP contribution in [0.25, 0.3) is 0 Å². The number of rotatable bonds is 15. The maximum atomic E-state index is 11.8. The minimum atomic E-state index is -0.0365. The van der Waals surface area contributed by atoms with Crippen LogP contribution in [0.3, 0.4) is 0 Å². The number of nitrogens with one attached hydrogen (secondary N) is 2. The first kappa shape index (κ1) is 23.7. The molecule has 1 fully saturated rings. The molecule has 0 atom stereocenters. The summed E-state index contributed by atoms with van der Waals surface area (Å²) in [7, 11) is 0. The summed E-state index contributed by atoms with van der Waals surface area (Å²) in [4.78, 5) is 25.6. The van der Waals surface area contributed by atoms with E-state index in [-0.39, 0.29) is 11.8 Å². The zero-order valence-corrected chi connectivity index (χ0v) is 17.5. The monoisotopic (exact) mass is 379 g/mol. The predicted octanol–water partition coefficient (Wildman–Crippen LogP) is 3.79. The van der Waals surface area contributed by atoms with E-state index in [1.807, 2.05) is 0 Å². The van der Waals surface area contributed by atoms with E-state index in [9.17, 15) is 9.59 Å². The van der Waals surface area contributed by atoms with Crippen molar-refractivity contribution in [2.75, 3.05) is 32.7 Å². The van der Waals surface area contributed by atoms with Crippen LogP contribution in [-0.2, 0) is 9.59 Å². The largest absolute Gasteiger partial charge is 0.355 e. The molecule has 0 bridgehead atoms. The summed E-state index contributed by atoms with van der Waals surface area (Å²) < 4.78 is 0. The van der Waals surface area contributed by atoms with Gasteiger partial charge in [0.2, 0.25) is 11.8 Å². The van der Waals surface area contributed by atoms with Gasteiger partial charge in [-0.2, -0.15) is 0 Å². The molecule has 1 rings (SSSR count). The Kier molecular flexibility index (Phi) is 13.7. The molecule has 1 aliphatic heterocycles. The molecule has 5 nitrogen and oxygen atoms in total. The Morgan fingerprint density at radius 3 is 2.04 bits per heavy atom. The van der Waals surface area contributed by atoms with Crippen molar-refractivity contribution < 1.29 is 9.59 Å². The van der Waals surface area contributed by atoms with Gasteiger partial charge in [0.15, 0.2) is 0 Å². The minimum Gasteiger partial charge on any atom is -0.355 e. The lowest BCUT2D eigenvalue weighted by molar-refractivity contribution is -0.121. The molecule has 2 amide bonds. The fraction of sp³-hybridized carbons (Fsp3) is 0.818. The summed E-state index contributed by atoms with van der Waals surface area (Å²) >= 11 is 0. The first-order chi connectivity index (χ1) is 13.1. The molecule has 0 unspecified atom stereocenters. The first-order valence-corrected chi connectivity index (χ1v) is 11.0. The molecule has 156 valence electrons. The van der Waals surface area contributed by atoms with Crippen LogP contribution >= 0.6 is 0 Å².